The summed E-state index contributed by atoms with van der Waals surface area (Å²) < 4.78 is 32.4. The van der Waals surface area contributed by atoms with Crippen molar-refractivity contribution in [2.24, 2.45) is 0 Å². The molecule has 1 aliphatic heterocycles. The molecule has 8 nitrogen and oxygen atoms in total. The molecule has 0 aromatic heterocycles. The number of esters is 1. The van der Waals surface area contributed by atoms with Crippen molar-refractivity contribution in [2.75, 3.05) is 33.9 Å². The van der Waals surface area contributed by atoms with Gasteiger partial charge in [-0.15, -0.1) is 0 Å². The summed E-state index contributed by atoms with van der Waals surface area (Å²) in [7, 11) is -1.23. The highest BCUT2D eigenvalue weighted by Crippen LogP contribution is 2.19. The largest absolute Gasteiger partial charge is 0.468 e. The van der Waals surface area contributed by atoms with Gasteiger partial charge in [0.15, 0.2) is 0 Å². The van der Waals surface area contributed by atoms with Crippen molar-refractivity contribution < 1.29 is 27.7 Å². The Labute approximate surface area is 125 Å². The number of carbonyl (C=O) groups is 1. The van der Waals surface area contributed by atoms with Crippen LogP contribution in [0.2, 0.25) is 0 Å². The van der Waals surface area contributed by atoms with Gasteiger partial charge in [-0.05, 0) is 13.8 Å². The third-order valence-electron chi connectivity index (χ3n) is 3.22. The van der Waals surface area contributed by atoms with Gasteiger partial charge < -0.3 is 4.74 Å². The normalized spacial score (nSPS) is 22.5. The van der Waals surface area contributed by atoms with Gasteiger partial charge in [0.05, 0.1) is 26.9 Å². The van der Waals surface area contributed by atoms with E-state index in [1.807, 2.05) is 0 Å². The first-order valence-corrected chi connectivity index (χ1v) is 7.93. The molecule has 0 saturated carbocycles. The smallest absolute Gasteiger partial charge is 0.323 e. The predicted molar refractivity (Wildman–Crippen MR) is 75.4 cm³/mol. The van der Waals surface area contributed by atoms with E-state index in [1.165, 1.54) is 25.4 Å². The molecule has 0 aromatic rings. The summed E-state index contributed by atoms with van der Waals surface area (Å²) in [6.45, 7) is 3.62. The predicted octanol–water partition coefficient (Wildman–Crippen LogP) is -0.0670. The third-order valence-corrected chi connectivity index (χ3v) is 5.38. The van der Waals surface area contributed by atoms with Gasteiger partial charge in [0.2, 0.25) is 0 Å². The number of carbonyl (C=O) groups excluding carboxylic acids is 1. The maximum Gasteiger partial charge on any atom is 0.323 e. The van der Waals surface area contributed by atoms with E-state index in [9.17, 15) is 13.2 Å². The number of rotatable bonds is 6. The summed E-state index contributed by atoms with van der Waals surface area (Å²) in [6.07, 6.45) is 3.45. The second-order valence-electron chi connectivity index (χ2n) is 4.62. The Morgan fingerprint density at radius 1 is 1.19 bits per heavy atom. The minimum Gasteiger partial charge on any atom is -0.468 e. The molecule has 122 valence electrons. The zero-order valence-electron chi connectivity index (χ0n) is 12.7. The van der Waals surface area contributed by atoms with Gasteiger partial charge in [-0.1, -0.05) is 12.2 Å². The van der Waals surface area contributed by atoms with E-state index in [0.29, 0.717) is 0 Å². The molecular formula is C12H22N2O6S. The second kappa shape index (κ2) is 7.85. The van der Waals surface area contributed by atoms with E-state index in [4.69, 9.17) is 4.89 Å². The van der Waals surface area contributed by atoms with Gasteiger partial charge in [0, 0.05) is 13.1 Å². The molecule has 0 fully saturated rings. The molecule has 21 heavy (non-hydrogen) atoms. The van der Waals surface area contributed by atoms with Crippen LogP contribution in [0.1, 0.15) is 13.8 Å². The average molecular weight is 322 g/mol. The lowest BCUT2D eigenvalue weighted by Gasteiger charge is -2.32. The van der Waals surface area contributed by atoms with Crippen molar-refractivity contribution in [2.45, 2.75) is 25.9 Å². The summed E-state index contributed by atoms with van der Waals surface area (Å²) in [5.74, 6) is -0.602. The molecule has 2 unspecified atom stereocenters. The lowest BCUT2D eigenvalue weighted by atomic mass is 10.3. The van der Waals surface area contributed by atoms with Crippen LogP contribution in [-0.2, 0) is 29.5 Å². The van der Waals surface area contributed by atoms with Crippen LogP contribution in [0.15, 0.2) is 12.2 Å². The van der Waals surface area contributed by atoms with Crippen LogP contribution in [0.5, 0.6) is 0 Å². The zero-order chi connectivity index (χ0) is 16.0. The van der Waals surface area contributed by atoms with Gasteiger partial charge in [0.25, 0.3) is 10.2 Å². The van der Waals surface area contributed by atoms with Crippen molar-refractivity contribution >= 4 is 16.2 Å². The van der Waals surface area contributed by atoms with Crippen molar-refractivity contribution in [3.05, 3.63) is 12.2 Å². The van der Waals surface area contributed by atoms with E-state index in [0.717, 1.165) is 4.31 Å². The molecule has 1 aliphatic rings. The van der Waals surface area contributed by atoms with Crippen LogP contribution in [-0.4, -0.2) is 69.0 Å². The Kier molecular flexibility index (Phi) is 6.75. The highest BCUT2D eigenvalue weighted by molar-refractivity contribution is 7.86. The van der Waals surface area contributed by atoms with E-state index < -0.39 is 28.3 Å². The van der Waals surface area contributed by atoms with Gasteiger partial charge >= 0.3 is 5.97 Å². The van der Waals surface area contributed by atoms with Crippen LogP contribution < -0.4 is 0 Å². The van der Waals surface area contributed by atoms with Crippen molar-refractivity contribution in [1.82, 2.24) is 8.61 Å². The topological polar surface area (TPSA) is 85.4 Å². The van der Waals surface area contributed by atoms with Crippen molar-refractivity contribution in [3.63, 3.8) is 0 Å². The molecule has 0 bridgehead atoms. The number of hydrogen-bond donors (Lipinski definition) is 0. The maximum absolute atomic E-state index is 12.7. The number of methoxy groups -OCH3 is 1. The van der Waals surface area contributed by atoms with Crippen LogP contribution in [0.4, 0.5) is 0 Å². The molecule has 2 atom stereocenters. The van der Waals surface area contributed by atoms with Crippen LogP contribution in [0, 0.1) is 0 Å². The molecule has 0 radical (unpaired) electrons. The fourth-order valence-corrected chi connectivity index (χ4v) is 3.80. The van der Waals surface area contributed by atoms with E-state index in [2.05, 4.69) is 9.62 Å². The van der Waals surface area contributed by atoms with Gasteiger partial charge in [-0.3, -0.25) is 4.79 Å². The lowest BCUT2D eigenvalue weighted by Crippen LogP contribution is -2.52. The summed E-state index contributed by atoms with van der Waals surface area (Å²) in [4.78, 5) is 21.0. The Hall–Kier alpha value is -1.00. The van der Waals surface area contributed by atoms with Crippen LogP contribution in [0.3, 0.4) is 0 Å². The summed E-state index contributed by atoms with van der Waals surface area (Å²) in [5.41, 5.74) is 0. The van der Waals surface area contributed by atoms with Crippen LogP contribution >= 0.6 is 0 Å². The monoisotopic (exact) mass is 322 g/mol. The molecule has 1 heterocycles. The standard InChI is InChI=1S/C12H22N2O6S/c1-10(9-20-19-4)13-7-5-6-8-14(21(13,16)17)11(2)12(15)18-3/h5-6,10-11H,7-9H2,1-4H3. The quantitative estimate of drug-likeness (QED) is 0.295. The molecule has 0 aromatic carbocycles. The number of nitrogens with zero attached hydrogens (tertiary/aromatic N) is 2. The Morgan fingerprint density at radius 2 is 1.76 bits per heavy atom. The number of ether oxygens (including phenoxy) is 1. The Bertz CT molecular complexity index is 478. The molecule has 0 saturated heterocycles. The molecule has 0 amide bonds. The summed E-state index contributed by atoms with van der Waals surface area (Å²) in [5, 5.41) is 0. The van der Waals surface area contributed by atoms with E-state index in [-0.39, 0.29) is 19.7 Å². The fraction of sp³-hybridized carbons (Fsp3) is 0.750. The summed E-state index contributed by atoms with van der Waals surface area (Å²) in [6, 6.07) is -1.34. The average Bonchev–Trinajstić information content (AvgIpc) is 2.61. The van der Waals surface area contributed by atoms with Gasteiger partial charge in [0.1, 0.15) is 6.04 Å². The van der Waals surface area contributed by atoms with Crippen molar-refractivity contribution in [1.29, 1.82) is 0 Å². The highest BCUT2D eigenvalue weighted by atomic mass is 32.2. The zero-order valence-corrected chi connectivity index (χ0v) is 13.5. The van der Waals surface area contributed by atoms with E-state index >= 15 is 0 Å². The SMILES string of the molecule is COOCC(C)N1CC=CCN(C(C)C(=O)OC)S1(=O)=O. The van der Waals surface area contributed by atoms with Crippen LogP contribution in [0.25, 0.3) is 0 Å². The maximum atomic E-state index is 12.7. The fourth-order valence-electron chi connectivity index (χ4n) is 1.98. The molecule has 1 rings (SSSR count). The molecular weight excluding hydrogens is 300 g/mol. The molecule has 9 heteroatoms. The third kappa shape index (κ3) is 4.24. The van der Waals surface area contributed by atoms with Gasteiger partial charge in [-0.2, -0.15) is 17.0 Å². The first kappa shape index (κ1) is 18.1. The Balaban J connectivity index is 3.01. The van der Waals surface area contributed by atoms with E-state index in [1.54, 1.807) is 19.1 Å². The molecule has 0 aliphatic carbocycles. The van der Waals surface area contributed by atoms with Crippen molar-refractivity contribution in [3.8, 4) is 0 Å². The first-order chi connectivity index (χ1) is 9.86. The lowest BCUT2D eigenvalue weighted by molar-refractivity contribution is -0.277. The minimum atomic E-state index is -3.82. The number of hydrogen-bond acceptors (Lipinski definition) is 6. The first-order valence-electron chi connectivity index (χ1n) is 6.53. The summed E-state index contributed by atoms with van der Waals surface area (Å²) >= 11 is 0. The highest BCUT2D eigenvalue weighted by Gasteiger charge is 2.39. The van der Waals surface area contributed by atoms with Gasteiger partial charge in [-0.25, -0.2) is 9.78 Å². The Morgan fingerprint density at radius 3 is 2.29 bits per heavy atom. The minimum absolute atomic E-state index is 0.0873. The molecule has 0 spiro atoms. The second-order valence-corrected chi connectivity index (χ2v) is 6.45. The molecule has 0 N–H and O–H groups in total.